The zero-order valence-corrected chi connectivity index (χ0v) is 16.2. The van der Waals surface area contributed by atoms with Crippen LogP contribution in [0.5, 0.6) is 0 Å². The SMILES string of the molecule is Cc1ccc(S(=O)(=O)c2nc(NCCN(C)C)sc2Cl)cc1.Cl. The van der Waals surface area contributed by atoms with Crippen molar-refractivity contribution in [3.8, 4) is 0 Å². The number of halogens is 2. The zero-order valence-electron chi connectivity index (χ0n) is 13.0. The smallest absolute Gasteiger partial charge is 0.226 e. The van der Waals surface area contributed by atoms with Crippen molar-refractivity contribution >= 4 is 50.3 Å². The first-order chi connectivity index (χ1) is 10.3. The van der Waals surface area contributed by atoms with E-state index in [0.717, 1.165) is 23.4 Å². The summed E-state index contributed by atoms with van der Waals surface area (Å²) >= 11 is 7.21. The molecule has 0 aliphatic heterocycles. The fourth-order valence-electron chi connectivity index (χ4n) is 1.74. The number of sulfone groups is 1. The van der Waals surface area contributed by atoms with Gasteiger partial charge < -0.3 is 10.2 Å². The molecule has 1 aromatic heterocycles. The number of hydrogen-bond acceptors (Lipinski definition) is 6. The molecule has 0 spiro atoms. The Bertz CT molecular complexity index is 744. The van der Waals surface area contributed by atoms with Crippen molar-refractivity contribution in [3.63, 3.8) is 0 Å². The minimum absolute atomic E-state index is 0. The molecule has 0 aliphatic rings. The maximum Gasteiger partial charge on any atom is 0.226 e. The Morgan fingerprint density at radius 1 is 1.26 bits per heavy atom. The topological polar surface area (TPSA) is 62.3 Å². The van der Waals surface area contributed by atoms with E-state index in [2.05, 4.69) is 10.3 Å². The first-order valence-corrected chi connectivity index (χ1v) is 9.35. The van der Waals surface area contributed by atoms with Crippen molar-refractivity contribution < 1.29 is 8.42 Å². The van der Waals surface area contributed by atoms with E-state index in [0.29, 0.717) is 11.7 Å². The Morgan fingerprint density at radius 2 is 1.87 bits per heavy atom. The number of thiazole rings is 1. The van der Waals surface area contributed by atoms with E-state index in [1.54, 1.807) is 24.3 Å². The average molecular weight is 396 g/mol. The van der Waals surface area contributed by atoms with Crippen LogP contribution in [0.2, 0.25) is 4.34 Å². The Hall–Kier alpha value is -0.860. The largest absolute Gasteiger partial charge is 0.360 e. The maximum atomic E-state index is 12.6. The minimum Gasteiger partial charge on any atom is -0.360 e. The lowest BCUT2D eigenvalue weighted by Crippen LogP contribution is -2.20. The van der Waals surface area contributed by atoms with Gasteiger partial charge in [0.2, 0.25) is 9.84 Å². The number of anilines is 1. The molecule has 128 valence electrons. The number of aromatic nitrogens is 1. The molecule has 1 aromatic carbocycles. The third kappa shape index (κ3) is 5.06. The molecular weight excluding hydrogens is 377 g/mol. The normalized spacial score (nSPS) is 11.3. The molecule has 1 N–H and O–H groups in total. The molecule has 23 heavy (non-hydrogen) atoms. The monoisotopic (exact) mass is 395 g/mol. The van der Waals surface area contributed by atoms with Gasteiger partial charge in [0, 0.05) is 13.1 Å². The lowest BCUT2D eigenvalue weighted by molar-refractivity contribution is 0.425. The summed E-state index contributed by atoms with van der Waals surface area (Å²) < 4.78 is 25.3. The van der Waals surface area contributed by atoms with Crippen molar-refractivity contribution in [2.45, 2.75) is 16.8 Å². The number of benzene rings is 1. The van der Waals surface area contributed by atoms with Crippen LogP contribution in [0.3, 0.4) is 0 Å². The molecular formula is C14H19Cl2N3O2S2. The van der Waals surface area contributed by atoms with Gasteiger partial charge in [-0.3, -0.25) is 0 Å². The molecule has 0 saturated heterocycles. The van der Waals surface area contributed by atoms with Gasteiger partial charge >= 0.3 is 0 Å². The van der Waals surface area contributed by atoms with E-state index in [-0.39, 0.29) is 26.7 Å². The second-order valence-electron chi connectivity index (χ2n) is 5.14. The van der Waals surface area contributed by atoms with E-state index in [4.69, 9.17) is 11.6 Å². The summed E-state index contributed by atoms with van der Waals surface area (Å²) in [5.74, 6) is 0. The van der Waals surface area contributed by atoms with Gasteiger partial charge in [-0.15, -0.1) is 12.4 Å². The van der Waals surface area contributed by atoms with E-state index in [1.807, 2.05) is 25.9 Å². The molecule has 9 heteroatoms. The van der Waals surface area contributed by atoms with Gasteiger partial charge in [0.15, 0.2) is 10.2 Å². The number of nitrogens with zero attached hydrogens (tertiary/aromatic N) is 2. The Morgan fingerprint density at radius 3 is 2.43 bits per heavy atom. The summed E-state index contributed by atoms with van der Waals surface area (Å²) in [6.45, 7) is 3.39. The Kier molecular flexibility index (Phi) is 7.29. The van der Waals surface area contributed by atoms with Crippen molar-refractivity contribution in [3.05, 3.63) is 34.2 Å². The van der Waals surface area contributed by atoms with Gasteiger partial charge in [-0.25, -0.2) is 13.4 Å². The number of nitrogens with one attached hydrogen (secondary N) is 1. The van der Waals surface area contributed by atoms with Crippen LogP contribution in [0.25, 0.3) is 0 Å². The quantitative estimate of drug-likeness (QED) is 0.812. The van der Waals surface area contributed by atoms with E-state index in [9.17, 15) is 8.42 Å². The molecule has 0 aliphatic carbocycles. The first kappa shape index (κ1) is 20.2. The summed E-state index contributed by atoms with van der Waals surface area (Å²) in [4.78, 5) is 6.37. The van der Waals surface area contributed by atoms with Crippen LogP contribution in [-0.4, -0.2) is 45.5 Å². The summed E-state index contributed by atoms with van der Waals surface area (Å²) in [5, 5.41) is 3.51. The molecule has 0 amide bonds. The van der Waals surface area contributed by atoms with Gasteiger partial charge in [-0.1, -0.05) is 40.6 Å². The number of hydrogen-bond donors (Lipinski definition) is 1. The van der Waals surface area contributed by atoms with E-state index >= 15 is 0 Å². The summed E-state index contributed by atoms with van der Waals surface area (Å²) in [6, 6.07) is 6.64. The third-order valence-corrected chi connectivity index (χ3v) is 6.13. The fourth-order valence-corrected chi connectivity index (χ4v) is 4.58. The van der Waals surface area contributed by atoms with Crippen molar-refractivity contribution in [1.29, 1.82) is 0 Å². The zero-order chi connectivity index (χ0) is 16.3. The molecule has 0 bridgehead atoms. The van der Waals surface area contributed by atoms with Crippen LogP contribution in [0.15, 0.2) is 34.2 Å². The van der Waals surface area contributed by atoms with E-state index in [1.165, 1.54) is 0 Å². The molecule has 0 unspecified atom stereocenters. The van der Waals surface area contributed by atoms with Crippen LogP contribution in [0, 0.1) is 6.92 Å². The van der Waals surface area contributed by atoms with Crippen LogP contribution in [0.1, 0.15) is 5.56 Å². The van der Waals surface area contributed by atoms with Gasteiger partial charge in [0.25, 0.3) is 0 Å². The van der Waals surface area contributed by atoms with Crippen LogP contribution in [0.4, 0.5) is 5.13 Å². The summed E-state index contributed by atoms with van der Waals surface area (Å²) in [5.41, 5.74) is 0.995. The van der Waals surface area contributed by atoms with Crippen molar-refractivity contribution in [1.82, 2.24) is 9.88 Å². The lowest BCUT2D eigenvalue weighted by Gasteiger charge is -2.08. The predicted molar refractivity (Wildman–Crippen MR) is 98.0 cm³/mol. The number of rotatable bonds is 6. The minimum atomic E-state index is -3.69. The van der Waals surface area contributed by atoms with Gasteiger partial charge in [-0.2, -0.15) is 0 Å². The number of aryl methyl sites for hydroxylation is 1. The van der Waals surface area contributed by atoms with Crippen LogP contribution in [-0.2, 0) is 9.84 Å². The highest BCUT2D eigenvalue weighted by Gasteiger charge is 2.25. The van der Waals surface area contributed by atoms with Gasteiger partial charge in [-0.05, 0) is 33.2 Å². The van der Waals surface area contributed by atoms with Crippen molar-refractivity contribution in [2.75, 3.05) is 32.5 Å². The standard InChI is InChI=1S/C14H18ClN3O2S2.ClH/c1-10-4-6-11(7-5-10)22(19,20)13-12(15)21-14(17-13)16-8-9-18(2)3;/h4-7H,8-9H2,1-3H3,(H,16,17);1H. The predicted octanol–water partition coefficient (Wildman–Crippen LogP) is 3.33. The summed E-state index contributed by atoms with van der Waals surface area (Å²) in [6.07, 6.45) is 0. The van der Waals surface area contributed by atoms with Gasteiger partial charge in [0.05, 0.1) is 4.90 Å². The van der Waals surface area contributed by atoms with Crippen LogP contribution < -0.4 is 5.32 Å². The average Bonchev–Trinajstić information content (AvgIpc) is 2.80. The Balaban J connectivity index is 0.00000264. The molecule has 0 saturated carbocycles. The highest BCUT2D eigenvalue weighted by atomic mass is 35.5. The molecule has 0 atom stereocenters. The molecule has 0 radical (unpaired) electrons. The highest BCUT2D eigenvalue weighted by Crippen LogP contribution is 2.34. The van der Waals surface area contributed by atoms with Gasteiger partial charge in [0.1, 0.15) is 4.34 Å². The van der Waals surface area contributed by atoms with Crippen LogP contribution >= 0.6 is 35.3 Å². The fraction of sp³-hybridized carbons (Fsp3) is 0.357. The first-order valence-electron chi connectivity index (χ1n) is 6.67. The second kappa shape index (κ2) is 8.30. The molecule has 2 rings (SSSR count). The molecule has 1 heterocycles. The second-order valence-corrected chi connectivity index (χ2v) is 8.61. The Labute approximate surface area is 152 Å². The summed E-state index contributed by atoms with van der Waals surface area (Å²) in [7, 11) is 0.234. The third-order valence-electron chi connectivity index (χ3n) is 2.98. The van der Waals surface area contributed by atoms with E-state index < -0.39 is 9.84 Å². The number of likely N-dealkylation sites (N-methyl/N-ethyl adjacent to an activating group) is 1. The molecule has 2 aromatic rings. The molecule has 5 nitrogen and oxygen atoms in total. The maximum absolute atomic E-state index is 12.6. The highest BCUT2D eigenvalue weighted by molar-refractivity contribution is 7.91. The lowest BCUT2D eigenvalue weighted by atomic mass is 10.2. The molecule has 0 fully saturated rings. The van der Waals surface area contributed by atoms with Crippen molar-refractivity contribution in [2.24, 2.45) is 0 Å².